The number of hydrogen-bond donors (Lipinski definition) is 1. The van der Waals surface area contributed by atoms with E-state index in [2.05, 4.69) is 31.9 Å². The molecule has 0 saturated heterocycles. The number of aliphatic hydroxyl groups excluding tert-OH is 1. The summed E-state index contributed by atoms with van der Waals surface area (Å²) in [6.07, 6.45) is 1.62. The molecule has 2 aromatic heterocycles. The number of rotatable bonds is 3. The first kappa shape index (κ1) is 11.4. The third kappa shape index (κ3) is 2.53. The van der Waals surface area contributed by atoms with E-state index in [0.29, 0.717) is 11.1 Å². The van der Waals surface area contributed by atoms with Crippen molar-refractivity contribution in [2.75, 3.05) is 0 Å². The van der Waals surface area contributed by atoms with Gasteiger partial charge in [0.1, 0.15) is 0 Å². The summed E-state index contributed by atoms with van der Waals surface area (Å²) in [5, 5.41) is 12.0. The van der Waals surface area contributed by atoms with Crippen LogP contribution in [0.3, 0.4) is 0 Å². The van der Waals surface area contributed by atoms with Crippen molar-refractivity contribution < 1.29 is 9.52 Å². The molecule has 0 spiro atoms. The molecule has 0 radical (unpaired) electrons. The number of thiophene rings is 1. The molecule has 2 aromatic rings. The molecule has 5 heteroatoms. The van der Waals surface area contributed by atoms with Crippen LogP contribution in [0.2, 0.25) is 0 Å². The highest BCUT2D eigenvalue weighted by atomic mass is 79.9. The first-order valence-corrected chi connectivity index (χ1v) is 6.78. The van der Waals surface area contributed by atoms with Crippen LogP contribution < -0.4 is 0 Å². The summed E-state index contributed by atoms with van der Waals surface area (Å²) in [5.41, 5.74) is 0.787. The lowest BCUT2D eigenvalue weighted by molar-refractivity contribution is 0.177. The second kappa shape index (κ2) is 4.82. The lowest BCUT2D eigenvalue weighted by Crippen LogP contribution is -1.99. The van der Waals surface area contributed by atoms with E-state index < -0.39 is 6.10 Å². The molecular weight excluding hydrogens is 344 g/mol. The molecule has 0 saturated carbocycles. The molecule has 15 heavy (non-hydrogen) atoms. The molecule has 2 rings (SSSR count). The highest BCUT2D eigenvalue weighted by molar-refractivity contribution is 9.10. The van der Waals surface area contributed by atoms with E-state index in [1.807, 2.05) is 11.4 Å². The molecule has 1 atom stereocenters. The Labute approximate surface area is 108 Å². The zero-order chi connectivity index (χ0) is 10.8. The maximum atomic E-state index is 9.98. The molecule has 2 heterocycles. The SMILES string of the molecule is OC(Cc1sccc1Br)c1ccoc1Br. The number of furan rings is 1. The molecule has 2 nitrogen and oxygen atoms in total. The van der Waals surface area contributed by atoms with E-state index in [1.54, 1.807) is 23.7 Å². The van der Waals surface area contributed by atoms with Gasteiger partial charge in [-0.25, -0.2) is 0 Å². The quantitative estimate of drug-likeness (QED) is 0.901. The molecule has 0 bridgehead atoms. The van der Waals surface area contributed by atoms with Crippen LogP contribution in [0.25, 0.3) is 0 Å². The number of aliphatic hydroxyl groups is 1. The summed E-state index contributed by atoms with van der Waals surface area (Å²) in [6.45, 7) is 0. The van der Waals surface area contributed by atoms with E-state index in [4.69, 9.17) is 4.42 Å². The topological polar surface area (TPSA) is 33.4 Å². The summed E-state index contributed by atoms with van der Waals surface area (Å²) in [5.74, 6) is 0. The molecule has 80 valence electrons. The predicted octanol–water partition coefficient (Wildman–Crippen LogP) is 4.14. The Morgan fingerprint density at radius 1 is 1.40 bits per heavy atom. The molecule has 0 aliphatic heterocycles. The van der Waals surface area contributed by atoms with Gasteiger partial charge in [-0.05, 0) is 49.4 Å². The summed E-state index contributed by atoms with van der Waals surface area (Å²) in [7, 11) is 0. The first-order valence-electron chi connectivity index (χ1n) is 4.31. The van der Waals surface area contributed by atoms with Crippen LogP contribution in [-0.2, 0) is 6.42 Å². The molecule has 0 fully saturated rings. The van der Waals surface area contributed by atoms with Crippen molar-refractivity contribution in [3.8, 4) is 0 Å². The van der Waals surface area contributed by atoms with Gasteiger partial charge in [0.2, 0.25) is 0 Å². The van der Waals surface area contributed by atoms with E-state index in [1.165, 1.54) is 0 Å². The summed E-state index contributed by atoms with van der Waals surface area (Å²) in [6, 6.07) is 3.76. The maximum Gasteiger partial charge on any atom is 0.174 e. The average Bonchev–Trinajstić information content (AvgIpc) is 2.76. The van der Waals surface area contributed by atoms with Crippen LogP contribution in [0.1, 0.15) is 16.5 Å². The van der Waals surface area contributed by atoms with Crippen molar-refractivity contribution in [2.45, 2.75) is 12.5 Å². The molecule has 0 aliphatic rings. The third-order valence-electron chi connectivity index (χ3n) is 2.07. The number of hydrogen-bond acceptors (Lipinski definition) is 3. The Hall–Kier alpha value is -0.100. The van der Waals surface area contributed by atoms with Crippen molar-refractivity contribution in [3.05, 3.63) is 43.4 Å². The van der Waals surface area contributed by atoms with Crippen LogP contribution in [0.5, 0.6) is 0 Å². The average molecular weight is 352 g/mol. The van der Waals surface area contributed by atoms with E-state index in [-0.39, 0.29) is 0 Å². The van der Waals surface area contributed by atoms with Crippen LogP contribution in [-0.4, -0.2) is 5.11 Å². The monoisotopic (exact) mass is 350 g/mol. The van der Waals surface area contributed by atoms with Crippen molar-refractivity contribution >= 4 is 43.2 Å². The Kier molecular flexibility index (Phi) is 3.66. The minimum Gasteiger partial charge on any atom is -0.457 e. The zero-order valence-corrected chi connectivity index (χ0v) is 11.6. The molecule has 1 unspecified atom stereocenters. The van der Waals surface area contributed by atoms with E-state index in [9.17, 15) is 5.11 Å². The van der Waals surface area contributed by atoms with Gasteiger partial charge in [0.15, 0.2) is 4.67 Å². The van der Waals surface area contributed by atoms with Gasteiger partial charge in [-0.15, -0.1) is 11.3 Å². The van der Waals surface area contributed by atoms with Gasteiger partial charge in [-0.3, -0.25) is 0 Å². The largest absolute Gasteiger partial charge is 0.457 e. The first-order chi connectivity index (χ1) is 7.18. The van der Waals surface area contributed by atoms with Crippen molar-refractivity contribution in [1.29, 1.82) is 0 Å². The van der Waals surface area contributed by atoms with E-state index in [0.717, 1.165) is 14.9 Å². The Balaban J connectivity index is 2.14. The third-order valence-corrected chi connectivity index (χ3v) is 4.67. The van der Waals surface area contributed by atoms with Gasteiger partial charge < -0.3 is 9.52 Å². The molecule has 0 aliphatic carbocycles. The zero-order valence-electron chi connectivity index (χ0n) is 7.61. The van der Waals surface area contributed by atoms with Crippen molar-refractivity contribution in [3.63, 3.8) is 0 Å². The summed E-state index contributed by atoms with van der Waals surface area (Å²) in [4.78, 5) is 1.13. The maximum absolute atomic E-state index is 9.98. The van der Waals surface area contributed by atoms with E-state index >= 15 is 0 Å². The normalized spacial score (nSPS) is 13.0. The highest BCUT2D eigenvalue weighted by Gasteiger charge is 2.16. The van der Waals surface area contributed by atoms with Gasteiger partial charge in [0, 0.05) is 21.3 Å². The van der Waals surface area contributed by atoms with Gasteiger partial charge in [-0.1, -0.05) is 0 Å². The molecule has 0 amide bonds. The highest BCUT2D eigenvalue weighted by Crippen LogP contribution is 2.31. The van der Waals surface area contributed by atoms with Crippen molar-refractivity contribution in [2.24, 2.45) is 0 Å². The fourth-order valence-corrected chi connectivity index (χ4v) is 3.36. The Morgan fingerprint density at radius 3 is 2.73 bits per heavy atom. The minimum atomic E-state index is -0.534. The fraction of sp³-hybridized carbons (Fsp3) is 0.200. The Bertz CT molecular complexity index is 450. The second-order valence-corrected chi connectivity index (χ2v) is 5.64. The smallest absolute Gasteiger partial charge is 0.174 e. The van der Waals surface area contributed by atoms with Gasteiger partial charge in [0.25, 0.3) is 0 Å². The molecular formula is C10H8Br2O2S. The van der Waals surface area contributed by atoms with Gasteiger partial charge in [-0.2, -0.15) is 0 Å². The lowest BCUT2D eigenvalue weighted by Gasteiger charge is -2.07. The van der Waals surface area contributed by atoms with Crippen LogP contribution >= 0.6 is 43.2 Å². The predicted molar refractivity (Wildman–Crippen MR) is 67.1 cm³/mol. The Morgan fingerprint density at radius 2 is 2.20 bits per heavy atom. The van der Waals surface area contributed by atoms with Crippen LogP contribution in [0.4, 0.5) is 0 Å². The molecule has 0 aromatic carbocycles. The van der Waals surface area contributed by atoms with Crippen LogP contribution in [0, 0.1) is 0 Å². The molecule has 1 N–H and O–H groups in total. The fourth-order valence-electron chi connectivity index (χ4n) is 1.30. The standard InChI is InChI=1S/C10H8Br2O2S/c11-7-2-4-15-9(7)5-8(13)6-1-3-14-10(6)12/h1-4,8,13H,5H2. The van der Waals surface area contributed by atoms with Crippen molar-refractivity contribution in [1.82, 2.24) is 0 Å². The van der Waals surface area contributed by atoms with Crippen LogP contribution in [0.15, 0.2) is 37.3 Å². The van der Waals surface area contributed by atoms with Gasteiger partial charge >= 0.3 is 0 Å². The number of halogens is 2. The minimum absolute atomic E-state index is 0.534. The second-order valence-electron chi connectivity index (χ2n) is 3.06. The summed E-state index contributed by atoms with van der Waals surface area (Å²) < 4.78 is 6.73. The lowest BCUT2D eigenvalue weighted by atomic mass is 10.1. The summed E-state index contributed by atoms with van der Waals surface area (Å²) >= 11 is 8.32. The van der Waals surface area contributed by atoms with Gasteiger partial charge in [0.05, 0.1) is 12.4 Å².